The second-order valence-corrected chi connectivity index (χ2v) is 10.6. The first-order valence-corrected chi connectivity index (χ1v) is 15.5. The lowest BCUT2D eigenvalue weighted by atomic mass is 9.97. The van der Waals surface area contributed by atoms with Crippen LogP contribution in [0.1, 0.15) is 53.4 Å². The van der Waals surface area contributed by atoms with Crippen LogP contribution in [0.15, 0.2) is 120 Å². The van der Waals surface area contributed by atoms with E-state index in [0.717, 1.165) is 73.3 Å². The van der Waals surface area contributed by atoms with Crippen LogP contribution < -0.4 is 0 Å². The Kier molecular flexibility index (Phi) is 9.04. The van der Waals surface area contributed by atoms with E-state index in [-0.39, 0.29) is 5.97 Å². The Morgan fingerprint density at radius 1 is 0.565 bits per heavy atom. The van der Waals surface area contributed by atoms with E-state index in [1.807, 2.05) is 90.8 Å². The van der Waals surface area contributed by atoms with Gasteiger partial charge in [0.2, 0.25) is 0 Å². The van der Waals surface area contributed by atoms with Crippen molar-refractivity contribution in [1.29, 1.82) is 0 Å². The minimum atomic E-state index is -0.328. The summed E-state index contributed by atoms with van der Waals surface area (Å²) in [5.74, 6) is 13.3. The van der Waals surface area contributed by atoms with Crippen molar-refractivity contribution < 1.29 is 9.53 Å². The van der Waals surface area contributed by atoms with Gasteiger partial charge in [0.1, 0.15) is 0 Å². The fourth-order valence-electron chi connectivity index (χ4n) is 5.52. The van der Waals surface area contributed by atoms with Crippen LogP contribution in [-0.2, 0) is 4.74 Å². The van der Waals surface area contributed by atoms with Gasteiger partial charge in [-0.15, -0.1) is 5.11 Å². The molecule has 5 heteroatoms. The van der Waals surface area contributed by atoms with Crippen molar-refractivity contribution in [2.24, 2.45) is 10.3 Å². The number of hydrogen-bond acceptors (Lipinski definition) is 4. The predicted molar refractivity (Wildman–Crippen MR) is 187 cm³/mol. The van der Waals surface area contributed by atoms with Crippen molar-refractivity contribution in [3.8, 4) is 23.7 Å². The van der Waals surface area contributed by atoms with Crippen LogP contribution in [-0.4, -0.2) is 30.7 Å². The lowest BCUT2D eigenvalue weighted by Crippen LogP contribution is -2.14. The van der Waals surface area contributed by atoms with E-state index in [9.17, 15) is 4.79 Å². The van der Waals surface area contributed by atoms with Crippen LogP contribution in [0.25, 0.3) is 32.3 Å². The molecule has 6 rings (SSSR count). The topological polar surface area (TPSA) is 54.3 Å². The Labute approximate surface area is 269 Å². The van der Waals surface area contributed by atoms with Gasteiger partial charge in [-0.3, -0.25) is 5.01 Å². The molecule has 0 saturated heterocycles. The van der Waals surface area contributed by atoms with Gasteiger partial charge in [0.15, 0.2) is 0 Å². The van der Waals surface area contributed by atoms with Gasteiger partial charge in [-0.2, -0.15) is 0 Å². The first-order chi connectivity index (χ1) is 22.6. The van der Waals surface area contributed by atoms with Gasteiger partial charge in [-0.1, -0.05) is 102 Å². The predicted octanol–water partition coefficient (Wildman–Crippen LogP) is 9.46. The van der Waals surface area contributed by atoms with Crippen molar-refractivity contribution in [3.63, 3.8) is 0 Å². The average Bonchev–Trinajstić information content (AvgIpc) is 3.10. The fourth-order valence-corrected chi connectivity index (χ4v) is 5.52. The Morgan fingerprint density at radius 2 is 0.978 bits per heavy atom. The fraction of sp³-hybridized carbons (Fsp3) is 0.146. The lowest BCUT2D eigenvalue weighted by molar-refractivity contribution is 0.0528. The largest absolute Gasteiger partial charge is 0.462 e. The molecule has 6 aromatic rings. The van der Waals surface area contributed by atoms with Crippen molar-refractivity contribution in [2.75, 3.05) is 19.7 Å². The number of hydrogen-bond donors (Lipinski definition) is 0. The number of esters is 1. The first-order valence-electron chi connectivity index (χ1n) is 15.5. The molecule has 0 spiro atoms. The molecule has 0 heterocycles. The van der Waals surface area contributed by atoms with Gasteiger partial charge >= 0.3 is 5.97 Å². The third kappa shape index (κ3) is 6.18. The molecule has 0 atom stereocenters. The van der Waals surface area contributed by atoms with Gasteiger partial charge in [0.25, 0.3) is 0 Å². The number of carbonyl (C=O) groups is 1. The van der Waals surface area contributed by atoms with Crippen LogP contribution in [0, 0.1) is 23.7 Å². The number of ether oxygens (including phenoxy) is 1. The summed E-state index contributed by atoms with van der Waals surface area (Å²) < 4.78 is 5.27. The third-order valence-corrected chi connectivity index (χ3v) is 7.92. The maximum absolute atomic E-state index is 12.5. The van der Waals surface area contributed by atoms with Gasteiger partial charge in [0.05, 0.1) is 17.9 Å². The second-order valence-electron chi connectivity index (χ2n) is 10.6. The molecular formula is C41H33N3O2. The molecule has 46 heavy (non-hydrogen) atoms. The SMILES string of the molecule is CCOC(=O)c1ccc(C#Cc2ccc(C#Cc3ccc(N=NN(CC)CC)c4ccccc34)c3ccccc23)c2ccccc12. The summed E-state index contributed by atoms with van der Waals surface area (Å²) in [6, 6.07) is 36.0. The van der Waals surface area contributed by atoms with Gasteiger partial charge in [-0.25, -0.2) is 4.79 Å². The van der Waals surface area contributed by atoms with Gasteiger partial charge in [-0.05, 0) is 84.1 Å². The highest BCUT2D eigenvalue weighted by atomic mass is 16.5. The molecule has 0 aliphatic rings. The zero-order valence-electron chi connectivity index (χ0n) is 26.2. The molecule has 0 amide bonds. The quantitative estimate of drug-likeness (QED) is 0.0829. The van der Waals surface area contributed by atoms with E-state index >= 15 is 0 Å². The highest BCUT2D eigenvalue weighted by Crippen LogP contribution is 2.30. The van der Waals surface area contributed by atoms with Crippen LogP contribution in [0.4, 0.5) is 5.69 Å². The van der Waals surface area contributed by atoms with E-state index in [0.29, 0.717) is 12.2 Å². The van der Waals surface area contributed by atoms with Crippen molar-refractivity contribution >= 4 is 44.0 Å². The number of rotatable bonds is 6. The van der Waals surface area contributed by atoms with E-state index in [2.05, 4.69) is 72.1 Å². The number of benzene rings is 6. The summed E-state index contributed by atoms with van der Waals surface area (Å²) in [5.41, 5.74) is 4.99. The highest BCUT2D eigenvalue weighted by molar-refractivity contribution is 6.06. The third-order valence-electron chi connectivity index (χ3n) is 7.92. The minimum absolute atomic E-state index is 0.328. The number of fused-ring (bicyclic) bond motifs is 3. The average molecular weight is 600 g/mol. The molecule has 0 bridgehead atoms. The molecule has 0 radical (unpaired) electrons. The maximum atomic E-state index is 12.5. The van der Waals surface area contributed by atoms with E-state index < -0.39 is 0 Å². The van der Waals surface area contributed by atoms with E-state index in [1.54, 1.807) is 6.07 Å². The Balaban J connectivity index is 1.37. The molecule has 0 aliphatic carbocycles. The second kappa shape index (κ2) is 13.8. The van der Waals surface area contributed by atoms with Crippen LogP contribution in [0.2, 0.25) is 0 Å². The summed E-state index contributed by atoms with van der Waals surface area (Å²) in [5, 5.41) is 16.7. The Hall–Kier alpha value is -5.91. The molecule has 5 nitrogen and oxygen atoms in total. The summed E-state index contributed by atoms with van der Waals surface area (Å²) in [7, 11) is 0. The highest BCUT2D eigenvalue weighted by Gasteiger charge is 2.13. The Morgan fingerprint density at radius 3 is 1.48 bits per heavy atom. The minimum Gasteiger partial charge on any atom is -0.462 e. The van der Waals surface area contributed by atoms with Crippen molar-refractivity contribution in [2.45, 2.75) is 20.8 Å². The summed E-state index contributed by atoms with van der Waals surface area (Å²) in [6.45, 7) is 7.88. The summed E-state index contributed by atoms with van der Waals surface area (Å²) >= 11 is 0. The standard InChI is InChI=1S/C41H33N3O2/c1-4-44(5-2)43-42-40-28-26-32(36-16-10-12-18-38(36)40)24-22-30-20-19-29(33-13-7-8-14-34(30)33)21-23-31-25-27-39(41(45)46-6-3)37-17-11-9-15-35(31)37/h7-20,25-28H,4-6H2,1-3H3. The monoisotopic (exact) mass is 599 g/mol. The molecule has 0 fully saturated rings. The molecule has 0 aliphatic heterocycles. The summed E-state index contributed by atoms with van der Waals surface area (Å²) in [6.07, 6.45) is 0. The van der Waals surface area contributed by atoms with Crippen LogP contribution >= 0.6 is 0 Å². The van der Waals surface area contributed by atoms with Gasteiger partial charge < -0.3 is 4.74 Å². The normalized spacial score (nSPS) is 10.8. The molecule has 6 aromatic carbocycles. The number of nitrogens with zero attached hydrogens (tertiary/aromatic N) is 3. The van der Waals surface area contributed by atoms with Crippen LogP contribution in [0.5, 0.6) is 0 Å². The molecule has 0 aromatic heterocycles. The van der Waals surface area contributed by atoms with Crippen LogP contribution in [0.3, 0.4) is 0 Å². The zero-order valence-corrected chi connectivity index (χ0v) is 26.2. The molecule has 0 saturated carbocycles. The maximum Gasteiger partial charge on any atom is 0.338 e. The van der Waals surface area contributed by atoms with Crippen molar-refractivity contribution in [1.82, 2.24) is 5.01 Å². The smallest absolute Gasteiger partial charge is 0.338 e. The molecule has 0 unspecified atom stereocenters. The molecule has 0 N–H and O–H groups in total. The Bertz CT molecular complexity index is 2240. The molecular weight excluding hydrogens is 566 g/mol. The van der Waals surface area contributed by atoms with E-state index in [1.165, 1.54) is 0 Å². The van der Waals surface area contributed by atoms with Crippen molar-refractivity contribution in [3.05, 3.63) is 137 Å². The van der Waals surface area contributed by atoms with E-state index in [4.69, 9.17) is 4.74 Å². The number of carbonyl (C=O) groups excluding carboxylic acids is 1. The van der Waals surface area contributed by atoms with Gasteiger partial charge in [0, 0.05) is 40.7 Å². The lowest BCUT2D eigenvalue weighted by Gasteiger charge is -2.11. The summed E-state index contributed by atoms with van der Waals surface area (Å²) in [4.78, 5) is 12.5. The zero-order chi connectivity index (χ0) is 31.9. The first kappa shape index (κ1) is 30.1. The molecule has 224 valence electrons.